The second-order valence-electron chi connectivity index (χ2n) is 4.88. The van der Waals surface area contributed by atoms with Crippen molar-refractivity contribution in [3.63, 3.8) is 0 Å². The Hall–Kier alpha value is -0.790. The Morgan fingerprint density at radius 2 is 2.10 bits per heavy atom. The predicted octanol–water partition coefficient (Wildman–Crippen LogP) is 2.87. The van der Waals surface area contributed by atoms with Crippen molar-refractivity contribution >= 4 is 11.6 Å². The molecule has 0 radical (unpaired) electrons. The number of rotatable bonds is 8. The van der Waals surface area contributed by atoms with Crippen molar-refractivity contribution in [1.29, 1.82) is 0 Å². The van der Waals surface area contributed by atoms with Crippen LogP contribution in [0.2, 0.25) is 5.02 Å². The summed E-state index contributed by atoms with van der Waals surface area (Å²) in [6, 6.07) is -0.00414. The minimum atomic E-state index is -4.28. The van der Waals surface area contributed by atoms with Crippen molar-refractivity contribution in [2.24, 2.45) is 7.05 Å². The predicted molar refractivity (Wildman–Crippen MR) is 75.6 cm³/mol. The van der Waals surface area contributed by atoms with E-state index in [1.165, 1.54) is 0 Å². The molecule has 0 aliphatic carbocycles. The average molecular weight is 328 g/mol. The van der Waals surface area contributed by atoms with Gasteiger partial charge in [-0.05, 0) is 19.9 Å². The molecule has 8 heteroatoms. The van der Waals surface area contributed by atoms with Crippen molar-refractivity contribution in [2.45, 2.75) is 38.9 Å². The fourth-order valence-electron chi connectivity index (χ4n) is 2.11. The van der Waals surface area contributed by atoms with Crippen LogP contribution in [0.1, 0.15) is 24.7 Å². The second-order valence-corrected chi connectivity index (χ2v) is 5.26. The van der Waals surface area contributed by atoms with E-state index in [9.17, 15) is 13.2 Å². The third kappa shape index (κ3) is 6.23. The van der Waals surface area contributed by atoms with Gasteiger partial charge in [-0.25, -0.2) is 0 Å². The Bertz CT molecular complexity index is 449. The average Bonchev–Trinajstić information content (AvgIpc) is 2.60. The normalized spacial score (nSPS) is 13.7. The Balaban J connectivity index is 2.53. The molecule has 1 atom stereocenters. The van der Waals surface area contributed by atoms with Crippen LogP contribution in [0.15, 0.2) is 0 Å². The standard InChI is InChI=1S/C13H21ClF3N3O/c1-4-18-10(5-6-21-8-13(15,16)17)7-11-12(14)9(2)19-20(11)3/h10,18H,4-8H2,1-3H3. The molecule has 0 aromatic carbocycles. The summed E-state index contributed by atoms with van der Waals surface area (Å²) in [6.07, 6.45) is -3.21. The Morgan fingerprint density at radius 3 is 2.57 bits per heavy atom. The number of alkyl halides is 3. The summed E-state index contributed by atoms with van der Waals surface area (Å²) in [5, 5.41) is 8.07. The lowest BCUT2D eigenvalue weighted by Crippen LogP contribution is -2.33. The van der Waals surface area contributed by atoms with Gasteiger partial charge >= 0.3 is 6.18 Å². The highest BCUT2D eigenvalue weighted by Gasteiger charge is 2.27. The molecule has 0 aliphatic rings. The first-order valence-corrected chi connectivity index (χ1v) is 7.18. The molecule has 0 spiro atoms. The number of likely N-dealkylation sites (N-methyl/N-ethyl adjacent to an activating group) is 1. The Morgan fingerprint density at radius 1 is 1.43 bits per heavy atom. The van der Waals surface area contributed by atoms with Gasteiger partial charge in [-0.15, -0.1) is 0 Å². The van der Waals surface area contributed by atoms with Gasteiger partial charge in [0.15, 0.2) is 0 Å². The van der Waals surface area contributed by atoms with Crippen LogP contribution in [0, 0.1) is 6.92 Å². The first-order valence-electron chi connectivity index (χ1n) is 6.80. The lowest BCUT2D eigenvalue weighted by atomic mass is 10.1. The minimum Gasteiger partial charge on any atom is -0.372 e. The van der Waals surface area contributed by atoms with E-state index in [4.69, 9.17) is 11.6 Å². The van der Waals surface area contributed by atoms with Crippen molar-refractivity contribution in [3.8, 4) is 0 Å². The second kappa shape index (κ2) is 8.00. The van der Waals surface area contributed by atoms with Crippen LogP contribution in [0.3, 0.4) is 0 Å². The summed E-state index contributed by atoms with van der Waals surface area (Å²) in [5.74, 6) is 0. The fraction of sp³-hybridized carbons (Fsp3) is 0.769. The zero-order chi connectivity index (χ0) is 16.0. The van der Waals surface area contributed by atoms with E-state index in [-0.39, 0.29) is 12.6 Å². The van der Waals surface area contributed by atoms with E-state index in [1.54, 1.807) is 11.7 Å². The molecule has 1 N–H and O–H groups in total. The maximum atomic E-state index is 12.0. The van der Waals surface area contributed by atoms with Gasteiger partial charge in [-0.2, -0.15) is 18.3 Å². The number of ether oxygens (including phenoxy) is 1. The van der Waals surface area contributed by atoms with Gasteiger partial charge in [0.2, 0.25) is 0 Å². The lowest BCUT2D eigenvalue weighted by molar-refractivity contribution is -0.174. The van der Waals surface area contributed by atoms with Gasteiger partial charge in [-0.3, -0.25) is 4.68 Å². The van der Waals surface area contributed by atoms with E-state index < -0.39 is 12.8 Å². The molecule has 1 heterocycles. The highest BCUT2D eigenvalue weighted by atomic mass is 35.5. The van der Waals surface area contributed by atoms with Gasteiger partial charge in [0.1, 0.15) is 6.61 Å². The number of hydrogen-bond donors (Lipinski definition) is 1. The van der Waals surface area contributed by atoms with Gasteiger partial charge in [0, 0.05) is 26.1 Å². The maximum Gasteiger partial charge on any atom is 0.411 e. The minimum absolute atomic E-state index is 0.00414. The van der Waals surface area contributed by atoms with Crippen LogP contribution in [-0.4, -0.2) is 41.8 Å². The van der Waals surface area contributed by atoms with Crippen LogP contribution in [-0.2, 0) is 18.2 Å². The number of aryl methyl sites for hydroxylation is 2. The molecule has 1 aromatic rings. The van der Waals surface area contributed by atoms with Crippen LogP contribution in [0.25, 0.3) is 0 Å². The van der Waals surface area contributed by atoms with Crippen LogP contribution >= 0.6 is 11.6 Å². The van der Waals surface area contributed by atoms with E-state index in [1.807, 2.05) is 13.8 Å². The van der Waals surface area contributed by atoms with Crippen LogP contribution in [0.4, 0.5) is 13.2 Å². The first-order chi connectivity index (χ1) is 9.74. The van der Waals surface area contributed by atoms with Crippen molar-refractivity contribution < 1.29 is 17.9 Å². The highest BCUT2D eigenvalue weighted by Crippen LogP contribution is 2.21. The zero-order valence-electron chi connectivity index (χ0n) is 12.4. The summed E-state index contributed by atoms with van der Waals surface area (Å²) >= 11 is 6.19. The van der Waals surface area contributed by atoms with E-state index in [0.29, 0.717) is 17.9 Å². The molecular formula is C13H21ClF3N3O. The highest BCUT2D eigenvalue weighted by molar-refractivity contribution is 6.31. The van der Waals surface area contributed by atoms with Crippen LogP contribution in [0.5, 0.6) is 0 Å². The molecule has 0 aliphatic heterocycles. The summed E-state index contributed by atoms with van der Waals surface area (Å²) in [4.78, 5) is 0. The molecule has 21 heavy (non-hydrogen) atoms. The monoisotopic (exact) mass is 327 g/mol. The molecule has 0 saturated heterocycles. The number of aromatic nitrogens is 2. The summed E-state index contributed by atoms with van der Waals surface area (Å²) in [5.41, 5.74) is 1.62. The van der Waals surface area contributed by atoms with Gasteiger partial charge in [-0.1, -0.05) is 18.5 Å². The molecule has 0 bridgehead atoms. The molecule has 4 nitrogen and oxygen atoms in total. The molecule has 122 valence electrons. The molecule has 1 unspecified atom stereocenters. The Kier molecular flexibility index (Phi) is 6.96. The van der Waals surface area contributed by atoms with Crippen molar-refractivity contribution in [3.05, 3.63) is 16.4 Å². The fourth-order valence-corrected chi connectivity index (χ4v) is 2.35. The zero-order valence-corrected chi connectivity index (χ0v) is 13.2. The van der Waals surface area contributed by atoms with E-state index >= 15 is 0 Å². The summed E-state index contributed by atoms with van der Waals surface area (Å²) in [6.45, 7) is 3.32. The van der Waals surface area contributed by atoms with Gasteiger partial charge < -0.3 is 10.1 Å². The summed E-state index contributed by atoms with van der Waals surface area (Å²) in [7, 11) is 1.80. The smallest absolute Gasteiger partial charge is 0.372 e. The number of nitrogens with one attached hydrogen (secondary N) is 1. The molecule has 1 rings (SSSR count). The lowest BCUT2D eigenvalue weighted by Gasteiger charge is -2.18. The molecular weight excluding hydrogens is 307 g/mol. The first kappa shape index (κ1) is 18.3. The van der Waals surface area contributed by atoms with Gasteiger partial charge in [0.05, 0.1) is 16.4 Å². The van der Waals surface area contributed by atoms with E-state index in [0.717, 1.165) is 17.9 Å². The Labute approximate surface area is 127 Å². The van der Waals surface area contributed by atoms with Gasteiger partial charge in [0.25, 0.3) is 0 Å². The topological polar surface area (TPSA) is 39.1 Å². The van der Waals surface area contributed by atoms with Crippen molar-refractivity contribution in [2.75, 3.05) is 19.8 Å². The molecule has 0 amide bonds. The molecule has 0 saturated carbocycles. The number of nitrogens with zero attached hydrogens (tertiary/aromatic N) is 2. The van der Waals surface area contributed by atoms with Crippen molar-refractivity contribution in [1.82, 2.24) is 15.1 Å². The molecule has 1 aromatic heterocycles. The van der Waals surface area contributed by atoms with Crippen LogP contribution < -0.4 is 5.32 Å². The maximum absolute atomic E-state index is 12.0. The number of hydrogen-bond acceptors (Lipinski definition) is 3. The molecule has 0 fully saturated rings. The third-order valence-electron chi connectivity index (χ3n) is 3.07. The largest absolute Gasteiger partial charge is 0.411 e. The third-order valence-corrected chi connectivity index (χ3v) is 3.56. The SMILES string of the molecule is CCNC(CCOCC(F)(F)F)Cc1c(Cl)c(C)nn1C. The van der Waals surface area contributed by atoms with E-state index in [2.05, 4.69) is 15.2 Å². The number of halogens is 4. The summed E-state index contributed by atoms with van der Waals surface area (Å²) < 4.78 is 42.4. The quantitative estimate of drug-likeness (QED) is 0.746.